The molecule has 100 valence electrons. The van der Waals surface area contributed by atoms with Crippen LogP contribution in [-0.4, -0.2) is 12.1 Å². The summed E-state index contributed by atoms with van der Waals surface area (Å²) < 4.78 is 26.1. The summed E-state index contributed by atoms with van der Waals surface area (Å²) in [6, 6.07) is 3.59. The molecule has 0 atom stereocenters. The zero-order valence-electron chi connectivity index (χ0n) is 11.5. The van der Waals surface area contributed by atoms with Gasteiger partial charge in [0, 0.05) is 11.6 Å². The topological polar surface area (TPSA) is 12.0 Å². The van der Waals surface area contributed by atoms with Crippen molar-refractivity contribution in [1.29, 1.82) is 0 Å². The Bertz CT molecular complexity index is 410. The first-order valence-corrected chi connectivity index (χ1v) is 6.16. The molecule has 0 aliphatic carbocycles. The minimum atomic E-state index is -0.537. The van der Waals surface area contributed by atoms with E-state index in [0.717, 1.165) is 24.6 Å². The number of nitrogens with one attached hydrogen (secondary N) is 1. The van der Waals surface area contributed by atoms with Gasteiger partial charge in [0.1, 0.15) is 11.6 Å². The molecule has 0 amide bonds. The highest BCUT2D eigenvalue weighted by atomic mass is 19.1. The van der Waals surface area contributed by atoms with E-state index in [1.165, 1.54) is 12.1 Å². The van der Waals surface area contributed by atoms with Gasteiger partial charge in [0.2, 0.25) is 0 Å². The third-order valence-electron chi connectivity index (χ3n) is 2.57. The third-order valence-corrected chi connectivity index (χ3v) is 2.57. The van der Waals surface area contributed by atoms with Crippen LogP contribution in [0.1, 0.15) is 39.7 Å². The largest absolute Gasteiger partial charge is 0.312 e. The van der Waals surface area contributed by atoms with Crippen LogP contribution in [0, 0.1) is 11.6 Å². The lowest BCUT2D eigenvalue weighted by molar-refractivity contribution is 0.431. The molecule has 0 saturated carbocycles. The molecule has 0 saturated heterocycles. The molecule has 1 aromatic carbocycles. The van der Waals surface area contributed by atoms with E-state index in [4.69, 9.17) is 0 Å². The second-order valence-electron chi connectivity index (χ2n) is 5.51. The van der Waals surface area contributed by atoms with Crippen molar-refractivity contribution in [3.63, 3.8) is 0 Å². The van der Waals surface area contributed by atoms with Crippen molar-refractivity contribution in [3.8, 4) is 0 Å². The summed E-state index contributed by atoms with van der Waals surface area (Å²) in [6.45, 7) is 9.02. The van der Waals surface area contributed by atoms with Gasteiger partial charge >= 0.3 is 0 Å². The van der Waals surface area contributed by atoms with Gasteiger partial charge in [-0.05, 0) is 63.9 Å². The fraction of sp³-hybridized carbons (Fsp3) is 0.467. The molecule has 0 aliphatic heterocycles. The molecule has 0 unspecified atom stereocenters. The highest BCUT2D eigenvalue weighted by molar-refractivity contribution is 5.63. The number of hydrogen-bond donors (Lipinski definition) is 1. The quantitative estimate of drug-likeness (QED) is 0.795. The standard InChI is InChI=1S/C15H21F2N/c1-11(6-5-7-18-15(2,3)4)12-8-13(16)10-14(17)9-12/h6,8-10,18H,5,7H2,1-4H3. The van der Waals surface area contributed by atoms with Crippen molar-refractivity contribution in [3.05, 3.63) is 41.5 Å². The van der Waals surface area contributed by atoms with Crippen LogP contribution in [-0.2, 0) is 0 Å². The molecule has 1 nitrogen and oxygen atoms in total. The molecule has 0 spiro atoms. The van der Waals surface area contributed by atoms with Gasteiger partial charge in [-0.25, -0.2) is 8.78 Å². The molecule has 0 aromatic heterocycles. The monoisotopic (exact) mass is 253 g/mol. The second-order valence-corrected chi connectivity index (χ2v) is 5.51. The van der Waals surface area contributed by atoms with Crippen LogP contribution >= 0.6 is 0 Å². The Morgan fingerprint density at radius 2 is 1.72 bits per heavy atom. The highest BCUT2D eigenvalue weighted by Gasteiger charge is 2.07. The van der Waals surface area contributed by atoms with E-state index in [9.17, 15) is 8.78 Å². The Morgan fingerprint density at radius 3 is 2.22 bits per heavy atom. The van der Waals surface area contributed by atoms with Gasteiger partial charge in [-0.3, -0.25) is 0 Å². The summed E-state index contributed by atoms with van der Waals surface area (Å²) in [6.07, 6.45) is 2.83. The Hall–Kier alpha value is -1.22. The zero-order valence-corrected chi connectivity index (χ0v) is 11.5. The summed E-state index contributed by atoms with van der Waals surface area (Å²) in [7, 11) is 0. The van der Waals surface area contributed by atoms with Gasteiger partial charge in [-0.2, -0.15) is 0 Å². The molecule has 3 heteroatoms. The van der Waals surface area contributed by atoms with Gasteiger partial charge in [-0.15, -0.1) is 0 Å². The predicted molar refractivity (Wildman–Crippen MR) is 72.4 cm³/mol. The summed E-state index contributed by atoms with van der Waals surface area (Å²) in [4.78, 5) is 0. The third kappa shape index (κ3) is 5.41. The van der Waals surface area contributed by atoms with Crippen LogP contribution < -0.4 is 5.32 Å². The number of rotatable bonds is 4. The van der Waals surface area contributed by atoms with Crippen LogP contribution in [0.25, 0.3) is 5.57 Å². The molecule has 0 bridgehead atoms. The molecular weight excluding hydrogens is 232 g/mol. The van der Waals surface area contributed by atoms with Crippen molar-refractivity contribution < 1.29 is 8.78 Å². The molecule has 0 radical (unpaired) electrons. The van der Waals surface area contributed by atoms with Gasteiger partial charge in [0.15, 0.2) is 0 Å². The number of halogens is 2. The first-order valence-electron chi connectivity index (χ1n) is 6.16. The summed E-state index contributed by atoms with van der Waals surface area (Å²) in [5.41, 5.74) is 1.58. The fourth-order valence-corrected chi connectivity index (χ4v) is 1.64. The zero-order chi connectivity index (χ0) is 13.8. The minimum absolute atomic E-state index is 0.0900. The summed E-state index contributed by atoms with van der Waals surface area (Å²) in [5.74, 6) is -1.07. The second kappa shape index (κ2) is 6.10. The molecule has 1 aromatic rings. The van der Waals surface area contributed by atoms with Gasteiger partial charge in [0.05, 0.1) is 0 Å². The molecule has 18 heavy (non-hydrogen) atoms. The normalized spacial score (nSPS) is 12.9. The average molecular weight is 253 g/mol. The van der Waals surface area contributed by atoms with Gasteiger partial charge < -0.3 is 5.32 Å². The minimum Gasteiger partial charge on any atom is -0.312 e. The molecule has 0 heterocycles. The Kier molecular flexibility index (Phi) is 5.03. The van der Waals surface area contributed by atoms with E-state index in [-0.39, 0.29) is 5.54 Å². The highest BCUT2D eigenvalue weighted by Crippen LogP contribution is 2.17. The van der Waals surface area contributed by atoms with Crippen LogP contribution in [0.2, 0.25) is 0 Å². The van der Waals surface area contributed by atoms with Crippen LogP contribution in [0.5, 0.6) is 0 Å². The smallest absolute Gasteiger partial charge is 0.126 e. The fourth-order valence-electron chi connectivity index (χ4n) is 1.64. The average Bonchev–Trinajstić information content (AvgIpc) is 2.21. The Balaban J connectivity index is 2.60. The lowest BCUT2D eigenvalue weighted by Crippen LogP contribution is -2.36. The maximum atomic E-state index is 13.1. The molecule has 0 fully saturated rings. The first kappa shape index (κ1) is 14.8. The van der Waals surface area contributed by atoms with E-state index in [2.05, 4.69) is 26.1 Å². The maximum absolute atomic E-state index is 13.1. The number of allylic oxidation sites excluding steroid dienone is 1. The lowest BCUT2D eigenvalue weighted by Gasteiger charge is -2.19. The van der Waals surface area contributed by atoms with Crippen molar-refractivity contribution in [1.82, 2.24) is 5.32 Å². The summed E-state index contributed by atoms with van der Waals surface area (Å²) >= 11 is 0. The Labute approximate surface area is 108 Å². The van der Waals surface area contributed by atoms with Gasteiger partial charge in [-0.1, -0.05) is 6.08 Å². The van der Waals surface area contributed by atoms with Gasteiger partial charge in [0.25, 0.3) is 0 Å². The molecule has 0 aliphatic rings. The molecular formula is C15H21F2N. The van der Waals surface area contributed by atoms with E-state index in [1.807, 2.05) is 13.0 Å². The van der Waals surface area contributed by atoms with Crippen LogP contribution in [0.15, 0.2) is 24.3 Å². The van der Waals surface area contributed by atoms with Crippen molar-refractivity contribution in [2.45, 2.75) is 39.7 Å². The van der Waals surface area contributed by atoms with Crippen molar-refractivity contribution in [2.24, 2.45) is 0 Å². The van der Waals surface area contributed by atoms with Crippen molar-refractivity contribution in [2.75, 3.05) is 6.54 Å². The maximum Gasteiger partial charge on any atom is 0.126 e. The SMILES string of the molecule is CC(=CCCNC(C)(C)C)c1cc(F)cc(F)c1. The molecule has 1 rings (SSSR count). The Morgan fingerprint density at radius 1 is 1.17 bits per heavy atom. The number of benzene rings is 1. The van der Waals surface area contributed by atoms with Crippen LogP contribution in [0.4, 0.5) is 8.78 Å². The van der Waals surface area contributed by atoms with Crippen LogP contribution in [0.3, 0.4) is 0 Å². The van der Waals surface area contributed by atoms with Crippen molar-refractivity contribution >= 4 is 5.57 Å². The molecule has 1 N–H and O–H groups in total. The lowest BCUT2D eigenvalue weighted by atomic mass is 10.1. The van der Waals surface area contributed by atoms with E-state index in [1.54, 1.807) is 0 Å². The van der Waals surface area contributed by atoms with E-state index in [0.29, 0.717) is 5.56 Å². The summed E-state index contributed by atoms with van der Waals surface area (Å²) in [5, 5.41) is 3.36. The number of hydrogen-bond acceptors (Lipinski definition) is 1. The van der Waals surface area contributed by atoms with E-state index >= 15 is 0 Å². The first-order chi connectivity index (χ1) is 8.28. The van der Waals surface area contributed by atoms with E-state index < -0.39 is 11.6 Å². The predicted octanol–water partition coefficient (Wildman–Crippen LogP) is 4.15.